The highest BCUT2D eigenvalue weighted by Gasteiger charge is 2.28. The minimum Gasteiger partial charge on any atom is -0.354 e. The molecule has 1 heterocycles. The number of hydrogen-bond donors (Lipinski definition) is 1. The number of nitrogens with one attached hydrogen (secondary N) is 1. The SMILES string of the molecule is O=C(CN(c1nccs1)S(=O)(=O)c1ccccc1)NCCc1ccc(F)cc1. The minimum absolute atomic E-state index is 0.0873. The van der Waals surface area contributed by atoms with E-state index in [2.05, 4.69) is 10.3 Å². The lowest BCUT2D eigenvalue weighted by atomic mass is 10.1. The number of halogens is 1. The Morgan fingerprint density at radius 2 is 1.82 bits per heavy atom. The summed E-state index contributed by atoms with van der Waals surface area (Å²) >= 11 is 1.14. The Bertz CT molecular complexity index is 1010. The number of aromatic nitrogens is 1. The quantitative estimate of drug-likeness (QED) is 0.609. The molecular formula is C19H18FN3O3S2. The first-order chi connectivity index (χ1) is 13.5. The van der Waals surface area contributed by atoms with Crippen LogP contribution in [0.2, 0.25) is 0 Å². The van der Waals surface area contributed by atoms with Gasteiger partial charge in [-0.15, -0.1) is 11.3 Å². The number of carbonyl (C=O) groups is 1. The molecule has 0 saturated heterocycles. The van der Waals surface area contributed by atoms with Gasteiger partial charge in [-0.2, -0.15) is 0 Å². The Labute approximate surface area is 166 Å². The zero-order valence-corrected chi connectivity index (χ0v) is 16.4. The van der Waals surface area contributed by atoms with E-state index in [4.69, 9.17) is 0 Å². The molecule has 146 valence electrons. The van der Waals surface area contributed by atoms with E-state index in [0.717, 1.165) is 21.2 Å². The van der Waals surface area contributed by atoms with Gasteiger partial charge in [0.05, 0.1) is 4.90 Å². The van der Waals surface area contributed by atoms with Gasteiger partial charge >= 0.3 is 0 Å². The van der Waals surface area contributed by atoms with Gasteiger partial charge in [0, 0.05) is 18.1 Å². The molecule has 0 bridgehead atoms. The molecule has 6 nitrogen and oxygen atoms in total. The lowest BCUT2D eigenvalue weighted by molar-refractivity contribution is -0.119. The largest absolute Gasteiger partial charge is 0.354 e. The molecule has 0 aliphatic carbocycles. The van der Waals surface area contributed by atoms with Crippen molar-refractivity contribution in [2.75, 3.05) is 17.4 Å². The normalized spacial score (nSPS) is 11.2. The van der Waals surface area contributed by atoms with Crippen LogP contribution in [0.5, 0.6) is 0 Å². The maximum absolute atomic E-state index is 13.0. The highest BCUT2D eigenvalue weighted by Crippen LogP contribution is 2.25. The molecule has 1 N–H and O–H groups in total. The van der Waals surface area contributed by atoms with Crippen molar-refractivity contribution in [1.29, 1.82) is 0 Å². The van der Waals surface area contributed by atoms with E-state index in [1.165, 1.54) is 30.5 Å². The van der Waals surface area contributed by atoms with Gasteiger partial charge in [-0.25, -0.2) is 22.1 Å². The number of nitrogens with zero attached hydrogens (tertiary/aromatic N) is 2. The number of anilines is 1. The van der Waals surface area contributed by atoms with Crippen molar-refractivity contribution in [2.45, 2.75) is 11.3 Å². The molecule has 0 atom stereocenters. The molecule has 2 aromatic carbocycles. The van der Waals surface area contributed by atoms with E-state index in [1.807, 2.05) is 0 Å². The van der Waals surface area contributed by atoms with Crippen LogP contribution < -0.4 is 9.62 Å². The van der Waals surface area contributed by atoms with Crippen LogP contribution in [-0.4, -0.2) is 32.4 Å². The maximum atomic E-state index is 13.0. The lowest BCUT2D eigenvalue weighted by Crippen LogP contribution is -2.41. The standard InChI is InChI=1S/C19H18FN3O3S2/c20-16-8-6-15(7-9-16)10-11-21-18(24)14-23(19-22-12-13-27-19)28(25,26)17-4-2-1-3-5-17/h1-9,12-13H,10-11,14H2,(H,21,24). The van der Waals surface area contributed by atoms with Crippen LogP contribution in [-0.2, 0) is 21.2 Å². The average Bonchev–Trinajstić information content (AvgIpc) is 3.22. The van der Waals surface area contributed by atoms with Gasteiger partial charge < -0.3 is 5.32 Å². The number of carbonyl (C=O) groups excluding carboxylic acids is 1. The maximum Gasteiger partial charge on any atom is 0.266 e. The predicted octanol–water partition coefficient (Wildman–Crippen LogP) is 2.84. The van der Waals surface area contributed by atoms with Crippen molar-refractivity contribution in [3.63, 3.8) is 0 Å². The third kappa shape index (κ3) is 4.93. The fraction of sp³-hybridized carbons (Fsp3) is 0.158. The van der Waals surface area contributed by atoms with E-state index >= 15 is 0 Å². The second kappa shape index (κ2) is 8.94. The Balaban J connectivity index is 1.68. The average molecular weight is 420 g/mol. The number of sulfonamides is 1. The van der Waals surface area contributed by atoms with Gasteiger partial charge in [-0.3, -0.25) is 4.79 Å². The van der Waals surface area contributed by atoms with Crippen molar-refractivity contribution >= 4 is 32.4 Å². The zero-order valence-electron chi connectivity index (χ0n) is 14.8. The summed E-state index contributed by atoms with van der Waals surface area (Å²) in [7, 11) is -3.92. The third-order valence-corrected chi connectivity index (χ3v) is 6.56. The van der Waals surface area contributed by atoms with Crippen molar-refractivity contribution in [3.05, 3.63) is 77.6 Å². The summed E-state index contributed by atoms with van der Waals surface area (Å²) in [5.41, 5.74) is 0.871. The molecule has 1 amide bonds. The summed E-state index contributed by atoms with van der Waals surface area (Å²) < 4.78 is 39.9. The van der Waals surface area contributed by atoms with Gasteiger partial charge in [0.2, 0.25) is 5.91 Å². The highest BCUT2D eigenvalue weighted by atomic mass is 32.2. The molecule has 0 aliphatic heterocycles. The molecule has 0 unspecified atom stereocenters. The summed E-state index contributed by atoms with van der Waals surface area (Å²) in [6.45, 7) is -0.0737. The zero-order chi connectivity index (χ0) is 20.0. The number of rotatable bonds is 8. The highest BCUT2D eigenvalue weighted by molar-refractivity contribution is 7.93. The first-order valence-corrected chi connectivity index (χ1v) is 10.8. The molecule has 0 saturated carbocycles. The van der Waals surface area contributed by atoms with Gasteiger partial charge in [0.1, 0.15) is 12.4 Å². The molecule has 0 fully saturated rings. The van der Waals surface area contributed by atoms with Crippen LogP contribution in [0.1, 0.15) is 5.56 Å². The Morgan fingerprint density at radius 3 is 2.46 bits per heavy atom. The van der Waals surface area contributed by atoms with E-state index in [1.54, 1.807) is 35.7 Å². The molecule has 9 heteroatoms. The Hall–Kier alpha value is -2.78. The smallest absolute Gasteiger partial charge is 0.266 e. The fourth-order valence-corrected chi connectivity index (χ4v) is 4.76. The van der Waals surface area contributed by atoms with Gasteiger partial charge in [0.25, 0.3) is 10.0 Å². The number of thiazole rings is 1. The first-order valence-electron chi connectivity index (χ1n) is 8.45. The summed E-state index contributed by atoms with van der Waals surface area (Å²) in [4.78, 5) is 16.5. The van der Waals surface area contributed by atoms with Crippen LogP contribution in [0.3, 0.4) is 0 Å². The van der Waals surface area contributed by atoms with Crippen molar-refractivity contribution in [1.82, 2.24) is 10.3 Å². The molecule has 0 spiro atoms. The van der Waals surface area contributed by atoms with Crippen LogP contribution in [0.25, 0.3) is 0 Å². The Morgan fingerprint density at radius 1 is 1.11 bits per heavy atom. The molecule has 0 aliphatic rings. The summed E-state index contributed by atoms with van der Waals surface area (Å²) in [6, 6.07) is 13.9. The number of amides is 1. The molecular weight excluding hydrogens is 401 g/mol. The van der Waals surface area contributed by atoms with Crippen LogP contribution >= 0.6 is 11.3 Å². The number of hydrogen-bond acceptors (Lipinski definition) is 5. The lowest BCUT2D eigenvalue weighted by Gasteiger charge is -2.21. The first kappa shape index (κ1) is 20.0. The Kier molecular flexibility index (Phi) is 6.37. The van der Waals surface area contributed by atoms with E-state index in [-0.39, 0.29) is 22.4 Å². The van der Waals surface area contributed by atoms with E-state index in [0.29, 0.717) is 13.0 Å². The monoisotopic (exact) mass is 419 g/mol. The third-order valence-electron chi connectivity index (χ3n) is 3.90. The van der Waals surface area contributed by atoms with Crippen LogP contribution in [0.4, 0.5) is 9.52 Å². The topological polar surface area (TPSA) is 79.4 Å². The minimum atomic E-state index is -3.92. The van der Waals surface area contributed by atoms with Crippen molar-refractivity contribution in [3.8, 4) is 0 Å². The predicted molar refractivity (Wildman–Crippen MR) is 106 cm³/mol. The molecule has 28 heavy (non-hydrogen) atoms. The molecule has 3 aromatic rings. The summed E-state index contributed by atoms with van der Waals surface area (Å²) in [6.07, 6.45) is 1.99. The molecule has 1 aromatic heterocycles. The molecule has 0 radical (unpaired) electrons. The van der Waals surface area contributed by atoms with Crippen molar-refractivity contribution < 1.29 is 17.6 Å². The summed E-state index contributed by atoms with van der Waals surface area (Å²) in [5.74, 6) is -0.769. The van der Waals surface area contributed by atoms with Gasteiger partial charge in [-0.1, -0.05) is 30.3 Å². The molecule has 3 rings (SSSR count). The van der Waals surface area contributed by atoms with Gasteiger partial charge in [-0.05, 0) is 36.2 Å². The van der Waals surface area contributed by atoms with E-state index in [9.17, 15) is 17.6 Å². The second-order valence-corrected chi connectivity index (χ2v) is 8.60. The van der Waals surface area contributed by atoms with Crippen molar-refractivity contribution in [2.24, 2.45) is 0 Å². The van der Waals surface area contributed by atoms with Crippen LogP contribution in [0, 0.1) is 5.82 Å². The number of benzene rings is 2. The fourth-order valence-electron chi connectivity index (χ4n) is 2.50. The second-order valence-electron chi connectivity index (χ2n) is 5.87. The summed E-state index contributed by atoms with van der Waals surface area (Å²) in [5, 5.41) is 4.57. The van der Waals surface area contributed by atoms with Gasteiger partial charge in [0.15, 0.2) is 5.13 Å². The van der Waals surface area contributed by atoms with Crippen LogP contribution in [0.15, 0.2) is 71.1 Å². The van der Waals surface area contributed by atoms with E-state index < -0.39 is 15.9 Å².